The van der Waals surface area contributed by atoms with Crippen molar-refractivity contribution in [3.63, 3.8) is 0 Å². The van der Waals surface area contributed by atoms with E-state index in [-0.39, 0.29) is 6.04 Å². The predicted octanol–water partition coefficient (Wildman–Crippen LogP) is 11.9. The van der Waals surface area contributed by atoms with Crippen LogP contribution in [0, 0.1) is 0 Å². The zero-order chi connectivity index (χ0) is 32.8. The molecule has 50 heavy (non-hydrogen) atoms. The molecule has 0 saturated heterocycles. The molecule has 4 nitrogen and oxygen atoms in total. The number of nitrogens with zero attached hydrogens (tertiary/aromatic N) is 3. The van der Waals surface area contributed by atoms with Crippen LogP contribution in [-0.4, -0.2) is 15.0 Å². The summed E-state index contributed by atoms with van der Waals surface area (Å²) in [7, 11) is 0. The van der Waals surface area contributed by atoms with Crippen molar-refractivity contribution in [2.24, 2.45) is 4.99 Å². The molecule has 0 amide bonds. The predicted molar refractivity (Wildman–Crippen MR) is 211 cm³/mol. The molecular weight excluding hydrogens is 609 g/mol. The van der Waals surface area contributed by atoms with Crippen LogP contribution in [0.15, 0.2) is 175 Å². The Morgan fingerprint density at radius 2 is 1.08 bits per heavy atom. The number of nitrogens with one attached hydrogen (secondary N) is 1. The largest absolute Gasteiger partial charge is 0.370 e. The highest BCUT2D eigenvalue weighted by Crippen LogP contribution is 2.43. The summed E-state index contributed by atoms with van der Waals surface area (Å²) >= 11 is 0. The average Bonchev–Trinajstić information content (AvgIpc) is 3.70. The highest BCUT2D eigenvalue weighted by Gasteiger charge is 2.30. The first-order valence-corrected chi connectivity index (χ1v) is 17.2. The van der Waals surface area contributed by atoms with E-state index in [2.05, 4.69) is 184 Å². The number of aromatic nitrogens is 2. The van der Waals surface area contributed by atoms with E-state index in [1.165, 1.54) is 59.7 Å². The summed E-state index contributed by atoms with van der Waals surface area (Å²) < 4.78 is 4.83. The Morgan fingerprint density at radius 1 is 0.440 bits per heavy atom. The number of rotatable bonds is 2. The van der Waals surface area contributed by atoms with Crippen LogP contribution in [0.4, 0.5) is 11.4 Å². The first kappa shape index (κ1) is 27.3. The number of hydrogen-bond donors (Lipinski definition) is 1. The molecule has 1 aliphatic heterocycles. The first-order valence-electron chi connectivity index (χ1n) is 17.2. The molecule has 1 aliphatic rings. The van der Waals surface area contributed by atoms with Crippen molar-refractivity contribution in [2.75, 3.05) is 5.32 Å². The summed E-state index contributed by atoms with van der Waals surface area (Å²) in [5, 5.41) is 13.8. The molecule has 1 N–H and O–H groups in total. The third-order valence-corrected chi connectivity index (χ3v) is 10.5. The SMILES string of the molecule is c1ccc2c(c1)N=C(n1c3cc(-n4c5ccccc5c5ccccc54)ccc3c3c4ccccc4ccc31)C(c1cccc3ccccc13)N2. The second-order valence-corrected chi connectivity index (χ2v) is 13.2. The molecule has 0 fully saturated rings. The average molecular weight is 639 g/mol. The van der Waals surface area contributed by atoms with Crippen LogP contribution in [0.3, 0.4) is 0 Å². The quantitative estimate of drug-likeness (QED) is 0.201. The van der Waals surface area contributed by atoms with Crippen molar-refractivity contribution >= 4 is 82.4 Å². The van der Waals surface area contributed by atoms with E-state index >= 15 is 0 Å². The van der Waals surface area contributed by atoms with Crippen LogP contribution >= 0.6 is 0 Å². The van der Waals surface area contributed by atoms with Crippen LogP contribution in [-0.2, 0) is 0 Å². The zero-order valence-electron chi connectivity index (χ0n) is 27.1. The van der Waals surface area contributed by atoms with Gasteiger partial charge in [-0.1, -0.05) is 127 Å². The van der Waals surface area contributed by atoms with E-state index in [9.17, 15) is 0 Å². The Kier molecular flexibility index (Phi) is 5.69. The fourth-order valence-electron chi connectivity index (χ4n) is 8.36. The number of para-hydroxylation sites is 4. The molecule has 11 rings (SSSR count). The standard InChI is InChI=1S/C46H30N4/c1-3-15-32-29(12-1)14-11-19-36(32)45-46(48-39-21-8-7-20-38(39)47-45)50-42-27-24-30-13-2-4-16-33(30)44(42)37-26-25-31(28-43(37)50)49-40-22-9-5-17-34(40)35-18-6-10-23-41(35)49/h1-28,45,47H. The van der Waals surface area contributed by atoms with Crippen LogP contribution < -0.4 is 5.32 Å². The molecular formula is C46H30N4. The van der Waals surface area contributed by atoms with Gasteiger partial charge >= 0.3 is 0 Å². The van der Waals surface area contributed by atoms with Crippen molar-refractivity contribution in [3.8, 4) is 5.69 Å². The van der Waals surface area contributed by atoms with Gasteiger partial charge in [0.05, 0.1) is 33.4 Å². The number of anilines is 1. The lowest BCUT2D eigenvalue weighted by Crippen LogP contribution is -2.29. The topological polar surface area (TPSA) is 34.2 Å². The van der Waals surface area contributed by atoms with Crippen LogP contribution in [0.5, 0.6) is 0 Å². The molecule has 4 heteroatoms. The second-order valence-electron chi connectivity index (χ2n) is 13.2. The Hall–Kier alpha value is -6.65. The lowest BCUT2D eigenvalue weighted by molar-refractivity contribution is 0.971. The van der Waals surface area contributed by atoms with Crippen molar-refractivity contribution in [1.29, 1.82) is 0 Å². The highest BCUT2D eigenvalue weighted by molar-refractivity contribution is 6.25. The van der Waals surface area contributed by atoms with E-state index < -0.39 is 0 Å². The summed E-state index contributed by atoms with van der Waals surface area (Å²) in [5.74, 6) is 0.953. The Morgan fingerprint density at radius 3 is 1.88 bits per heavy atom. The van der Waals surface area contributed by atoms with Crippen molar-refractivity contribution in [2.45, 2.75) is 6.04 Å². The molecule has 10 aromatic rings. The van der Waals surface area contributed by atoms with E-state index in [0.29, 0.717) is 0 Å². The number of aliphatic imine (C=N–C) groups is 1. The summed E-state index contributed by atoms with van der Waals surface area (Å²) in [4.78, 5) is 5.54. The van der Waals surface area contributed by atoms with Gasteiger partial charge in [0.25, 0.3) is 0 Å². The molecule has 0 radical (unpaired) electrons. The van der Waals surface area contributed by atoms with Crippen molar-refractivity contribution in [3.05, 3.63) is 175 Å². The monoisotopic (exact) mass is 638 g/mol. The van der Waals surface area contributed by atoms with Gasteiger partial charge in [-0.25, -0.2) is 4.99 Å². The summed E-state index contributed by atoms with van der Waals surface area (Å²) in [5.41, 5.74) is 8.95. The molecule has 0 bridgehead atoms. The normalized spacial score (nSPS) is 14.5. The van der Waals surface area contributed by atoms with Gasteiger partial charge < -0.3 is 9.88 Å². The number of benzene rings is 8. The lowest BCUT2D eigenvalue weighted by atomic mass is 9.96. The molecule has 2 aromatic heterocycles. The van der Waals surface area contributed by atoms with Gasteiger partial charge in [-0.05, 0) is 69.6 Å². The minimum Gasteiger partial charge on any atom is -0.370 e. The second kappa shape index (κ2) is 10.4. The van der Waals surface area contributed by atoms with Gasteiger partial charge in [-0.15, -0.1) is 0 Å². The van der Waals surface area contributed by atoms with Crippen LogP contribution in [0.1, 0.15) is 11.6 Å². The van der Waals surface area contributed by atoms with Gasteiger partial charge in [-0.2, -0.15) is 0 Å². The minimum atomic E-state index is -0.196. The van der Waals surface area contributed by atoms with Crippen molar-refractivity contribution in [1.82, 2.24) is 9.13 Å². The Labute approximate surface area is 288 Å². The van der Waals surface area contributed by atoms with Crippen LogP contribution in [0.25, 0.3) is 70.8 Å². The molecule has 0 saturated carbocycles. The Balaban J connectivity index is 1.27. The Bertz CT molecular complexity index is 2970. The maximum Gasteiger partial charge on any atom is 0.141 e. The number of hydrogen-bond acceptors (Lipinski definition) is 2. The van der Waals surface area contributed by atoms with Crippen LogP contribution in [0.2, 0.25) is 0 Å². The number of fused-ring (bicyclic) bond motifs is 10. The van der Waals surface area contributed by atoms with Crippen molar-refractivity contribution < 1.29 is 0 Å². The summed E-state index contributed by atoms with van der Waals surface area (Å²) in [6.07, 6.45) is 0. The third-order valence-electron chi connectivity index (χ3n) is 10.5. The maximum atomic E-state index is 5.54. The molecule has 1 atom stereocenters. The summed E-state index contributed by atoms with van der Waals surface area (Å²) in [6.45, 7) is 0. The molecule has 3 heterocycles. The molecule has 8 aromatic carbocycles. The van der Waals surface area contributed by atoms with Gasteiger partial charge in [0.15, 0.2) is 0 Å². The van der Waals surface area contributed by atoms with E-state index in [4.69, 9.17) is 4.99 Å². The van der Waals surface area contributed by atoms with E-state index in [1.54, 1.807) is 0 Å². The van der Waals surface area contributed by atoms with E-state index in [1.807, 2.05) is 0 Å². The highest BCUT2D eigenvalue weighted by atomic mass is 15.2. The van der Waals surface area contributed by atoms with Gasteiger partial charge in [0.2, 0.25) is 0 Å². The van der Waals surface area contributed by atoms with Gasteiger partial charge in [0, 0.05) is 27.2 Å². The fraction of sp³-hybridized carbons (Fsp3) is 0.0217. The van der Waals surface area contributed by atoms with E-state index in [0.717, 1.165) is 33.9 Å². The fourth-order valence-corrected chi connectivity index (χ4v) is 8.36. The molecule has 0 spiro atoms. The molecule has 1 unspecified atom stereocenters. The third kappa shape index (κ3) is 3.84. The van der Waals surface area contributed by atoms with Gasteiger partial charge in [-0.3, -0.25) is 4.57 Å². The molecule has 234 valence electrons. The van der Waals surface area contributed by atoms with Gasteiger partial charge in [0.1, 0.15) is 11.9 Å². The summed E-state index contributed by atoms with van der Waals surface area (Å²) in [6, 6.07) is 61.1. The maximum absolute atomic E-state index is 5.54. The molecule has 0 aliphatic carbocycles. The lowest BCUT2D eigenvalue weighted by Gasteiger charge is -2.30. The minimum absolute atomic E-state index is 0.196. The zero-order valence-corrected chi connectivity index (χ0v) is 27.1. The first-order chi connectivity index (χ1) is 24.8. The smallest absolute Gasteiger partial charge is 0.141 e.